The monoisotopic (exact) mass is 647 g/mol. The van der Waals surface area contributed by atoms with Crippen molar-refractivity contribution in [1.82, 2.24) is 0 Å². The molecule has 0 aliphatic rings. The van der Waals surface area contributed by atoms with Crippen LogP contribution in [0, 0.1) is 5.82 Å². The molecule has 1 N–H and O–H groups in total. The number of rotatable bonds is 12. The molecular formula is C28H34ClF4NO2Sn. The molecule has 0 atom stereocenters. The van der Waals surface area contributed by atoms with E-state index >= 15 is 0 Å². The van der Waals surface area contributed by atoms with Gasteiger partial charge in [-0.2, -0.15) is 0 Å². The van der Waals surface area contributed by atoms with Crippen LogP contribution in [0.3, 0.4) is 0 Å². The molecule has 0 aliphatic carbocycles. The van der Waals surface area contributed by atoms with Crippen LogP contribution in [0.1, 0.15) is 75.2 Å². The molecule has 202 valence electrons. The first kappa shape index (κ1) is 29.8. The van der Waals surface area contributed by atoms with E-state index in [0.717, 1.165) is 38.5 Å². The molecule has 0 saturated carbocycles. The Bertz CT molecular complexity index is 1200. The van der Waals surface area contributed by atoms with Crippen LogP contribution >= 0.6 is 11.6 Å². The summed E-state index contributed by atoms with van der Waals surface area (Å²) in [6.45, 7) is 6.60. The number of unbranched alkanes of at least 4 members (excludes halogenated alkanes) is 3. The van der Waals surface area contributed by atoms with Gasteiger partial charge in [0.1, 0.15) is 0 Å². The van der Waals surface area contributed by atoms with Gasteiger partial charge >= 0.3 is 226 Å². The van der Waals surface area contributed by atoms with Gasteiger partial charge in [0.15, 0.2) is 0 Å². The van der Waals surface area contributed by atoms with E-state index in [1.54, 1.807) is 0 Å². The van der Waals surface area contributed by atoms with E-state index in [4.69, 9.17) is 16.0 Å². The van der Waals surface area contributed by atoms with Crippen molar-refractivity contribution in [3.8, 4) is 0 Å². The van der Waals surface area contributed by atoms with Gasteiger partial charge in [-0.25, -0.2) is 0 Å². The SMILES string of the molecule is CCC[CH2][Sn]([CH2]CCC)([CH2]CCC)[c]1ccc2c(C(=O)Nc3cc(C(F)(F)F)ccc3F)coc2c1Cl. The third kappa shape index (κ3) is 6.83. The van der Waals surface area contributed by atoms with Crippen LogP contribution in [-0.2, 0) is 6.18 Å². The standard InChI is InChI=1S/C16H7ClF4NO2.3C4H9.Sn/c17-11-3-1-2-9-10(7-24-14(9)11)15(23)22-13-6-8(16(19,20)21)4-5-12(13)18;3*1-3-4-2;/h1-2,4-7H,(H,22,23);3*1,3-4H2,2H3;. The Morgan fingerprint density at radius 1 is 0.973 bits per heavy atom. The number of alkyl halides is 3. The fourth-order valence-electron chi connectivity index (χ4n) is 4.96. The molecule has 0 bridgehead atoms. The number of nitrogens with one attached hydrogen (secondary N) is 1. The summed E-state index contributed by atoms with van der Waals surface area (Å²) in [6.07, 6.45) is 3.41. The average Bonchev–Trinajstić information content (AvgIpc) is 3.30. The van der Waals surface area contributed by atoms with Gasteiger partial charge in [-0.15, -0.1) is 0 Å². The van der Waals surface area contributed by atoms with Crippen molar-refractivity contribution in [3.63, 3.8) is 0 Å². The van der Waals surface area contributed by atoms with Crippen LogP contribution < -0.4 is 8.90 Å². The van der Waals surface area contributed by atoms with E-state index in [9.17, 15) is 22.4 Å². The number of halogens is 5. The van der Waals surface area contributed by atoms with Crippen molar-refractivity contribution in [1.29, 1.82) is 0 Å². The first-order valence-electron chi connectivity index (χ1n) is 13.0. The second kappa shape index (κ2) is 12.9. The van der Waals surface area contributed by atoms with Gasteiger partial charge < -0.3 is 0 Å². The van der Waals surface area contributed by atoms with Gasteiger partial charge in [-0.1, -0.05) is 0 Å². The molecule has 0 fully saturated rings. The molecule has 0 radical (unpaired) electrons. The average molecular weight is 647 g/mol. The van der Waals surface area contributed by atoms with Gasteiger partial charge in [0.2, 0.25) is 0 Å². The number of fused-ring (bicyclic) bond motifs is 1. The van der Waals surface area contributed by atoms with Gasteiger partial charge in [-0.05, 0) is 0 Å². The van der Waals surface area contributed by atoms with Crippen molar-refractivity contribution >= 4 is 56.1 Å². The van der Waals surface area contributed by atoms with Crippen molar-refractivity contribution in [2.24, 2.45) is 0 Å². The van der Waals surface area contributed by atoms with Crippen LogP contribution in [0.2, 0.25) is 18.3 Å². The minimum absolute atomic E-state index is 0.0942. The number of furan rings is 1. The fourth-order valence-corrected chi connectivity index (χ4v) is 22.7. The number of carbonyl (C=O) groups excluding carboxylic acids is 1. The van der Waals surface area contributed by atoms with E-state index in [2.05, 4.69) is 26.1 Å². The Morgan fingerprint density at radius 2 is 1.57 bits per heavy atom. The Kier molecular flexibility index (Phi) is 10.4. The molecule has 3 nitrogen and oxygen atoms in total. The maximum absolute atomic E-state index is 14.2. The molecule has 3 rings (SSSR count). The van der Waals surface area contributed by atoms with Crippen molar-refractivity contribution in [2.45, 2.75) is 78.8 Å². The summed E-state index contributed by atoms with van der Waals surface area (Å²) in [6, 6.07) is 5.77. The number of carbonyl (C=O) groups is 1. The Hall–Kier alpha value is -1.74. The van der Waals surface area contributed by atoms with E-state index in [1.807, 2.05) is 12.1 Å². The quantitative estimate of drug-likeness (QED) is 0.157. The normalized spacial score (nSPS) is 12.3. The van der Waals surface area contributed by atoms with Crippen LogP contribution in [0.15, 0.2) is 41.0 Å². The molecule has 1 heterocycles. The van der Waals surface area contributed by atoms with E-state index in [-0.39, 0.29) is 5.56 Å². The molecular weight excluding hydrogens is 612 g/mol. The molecule has 3 aromatic rings. The van der Waals surface area contributed by atoms with Gasteiger partial charge in [0.05, 0.1) is 0 Å². The molecule has 0 unspecified atom stereocenters. The summed E-state index contributed by atoms with van der Waals surface area (Å²) in [7, 11) is 0. The zero-order valence-electron chi connectivity index (χ0n) is 21.5. The third-order valence-electron chi connectivity index (χ3n) is 7.07. The van der Waals surface area contributed by atoms with E-state index < -0.39 is 47.5 Å². The Labute approximate surface area is 224 Å². The molecule has 37 heavy (non-hydrogen) atoms. The van der Waals surface area contributed by atoms with Gasteiger partial charge in [-0.3, -0.25) is 0 Å². The minimum atomic E-state index is -4.66. The Balaban J connectivity index is 2.00. The first-order chi connectivity index (χ1) is 17.6. The summed E-state index contributed by atoms with van der Waals surface area (Å²) in [5.41, 5.74) is -1.11. The molecule has 2 aromatic carbocycles. The van der Waals surface area contributed by atoms with Crippen molar-refractivity contribution in [3.05, 3.63) is 58.6 Å². The molecule has 0 saturated heterocycles. The first-order valence-corrected chi connectivity index (χ1v) is 20.8. The number of hydrogen-bond acceptors (Lipinski definition) is 2. The van der Waals surface area contributed by atoms with Crippen molar-refractivity contribution in [2.75, 3.05) is 5.32 Å². The molecule has 0 aliphatic heterocycles. The topological polar surface area (TPSA) is 42.2 Å². The third-order valence-corrected chi connectivity index (χ3v) is 23.6. The number of amides is 1. The molecule has 9 heteroatoms. The summed E-state index contributed by atoms with van der Waals surface area (Å²) >= 11 is 4.08. The maximum atomic E-state index is 14.2. The van der Waals surface area contributed by atoms with Crippen LogP contribution in [0.5, 0.6) is 0 Å². The molecule has 0 spiro atoms. The van der Waals surface area contributed by atoms with Crippen LogP contribution in [0.4, 0.5) is 23.2 Å². The molecule has 1 amide bonds. The van der Waals surface area contributed by atoms with Crippen molar-refractivity contribution < 1.29 is 26.8 Å². The second-order valence-electron chi connectivity index (χ2n) is 9.69. The van der Waals surface area contributed by atoms with E-state index in [0.29, 0.717) is 34.2 Å². The second-order valence-corrected chi connectivity index (χ2v) is 23.2. The zero-order chi connectivity index (χ0) is 27.2. The van der Waals surface area contributed by atoms with Gasteiger partial charge in [0, 0.05) is 0 Å². The van der Waals surface area contributed by atoms with Gasteiger partial charge in [0.25, 0.3) is 0 Å². The van der Waals surface area contributed by atoms with E-state index in [1.165, 1.54) is 23.2 Å². The number of anilines is 1. The summed E-state index contributed by atoms with van der Waals surface area (Å²) in [4.78, 5) is 13.0. The van der Waals surface area contributed by atoms with Crippen LogP contribution in [-0.4, -0.2) is 24.3 Å². The summed E-state index contributed by atoms with van der Waals surface area (Å²) in [5, 5.41) is 3.26. The number of benzene rings is 2. The van der Waals surface area contributed by atoms with Crippen LogP contribution in [0.25, 0.3) is 11.0 Å². The summed E-state index contributed by atoms with van der Waals surface area (Å²) < 4.78 is 64.0. The summed E-state index contributed by atoms with van der Waals surface area (Å²) in [5.74, 6) is -1.73. The zero-order valence-corrected chi connectivity index (χ0v) is 25.1. The predicted octanol–water partition coefficient (Wildman–Crippen LogP) is 9.55. The fraction of sp³-hybridized carbons (Fsp3) is 0.464. The molecule has 1 aromatic heterocycles. The Morgan fingerprint density at radius 3 is 2.11 bits per heavy atom. The predicted molar refractivity (Wildman–Crippen MR) is 145 cm³/mol. The number of hydrogen-bond donors (Lipinski definition) is 1.